The molecule has 0 aromatic heterocycles. The van der Waals surface area contributed by atoms with Crippen molar-refractivity contribution in [2.75, 3.05) is 26.7 Å². The number of rotatable bonds is 7. The molecule has 4 rings (SSSR count). The summed E-state index contributed by atoms with van der Waals surface area (Å²) in [5.41, 5.74) is -4.59. The average Bonchev–Trinajstić information content (AvgIpc) is 3.61. The molecular formula is C28H30F7N3O2. The van der Waals surface area contributed by atoms with Crippen LogP contribution in [-0.4, -0.2) is 60.4 Å². The van der Waals surface area contributed by atoms with E-state index < -0.39 is 58.1 Å². The maximum absolute atomic E-state index is 13.8. The average molecular weight is 574 g/mol. The number of alkyl halides is 6. The van der Waals surface area contributed by atoms with Crippen LogP contribution in [-0.2, 0) is 27.4 Å². The molecule has 2 amide bonds. The maximum Gasteiger partial charge on any atom is 0.416 e. The third kappa shape index (κ3) is 6.42. The minimum atomic E-state index is -5.06. The van der Waals surface area contributed by atoms with E-state index in [0.29, 0.717) is 17.7 Å². The van der Waals surface area contributed by atoms with E-state index in [1.54, 1.807) is 4.90 Å². The van der Waals surface area contributed by atoms with Crippen LogP contribution in [0.3, 0.4) is 0 Å². The van der Waals surface area contributed by atoms with Crippen LogP contribution in [0.4, 0.5) is 30.7 Å². The van der Waals surface area contributed by atoms with Gasteiger partial charge in [0.25, 0.3) is 0 Å². The second kappa shape index (κ2) is 10.7. The molecule has 0 radical (unpaired) electrons. The molecule has 40 heavy (non-hydrogen) atoms. The van der Waals surface area contributed by atoms with Crippen molar-refractivity contribution < 1.29 is 40.3 Å². The molecule has 2 aromatic carbocycles. The van der Waals surface area contributed by atoms with Gasteiger partial charge in [0, 0.05) is 32.1 Å². The van der Waals surface area contributed by atoms with Gasteiger partial charge in [-0.2, -0.15) is 26.3 Å². The van der Waals surface area contributed by atoms with Gasteiger partial charge in [-0.25, -0.2) is 4.39 Å². The quantitative estimate of drug-likeness (QED) is 0.455. The molecular weight excluding hydrogens is 543 g/mol. The van der Waals surface area contributed by atoms with Crippen molar-refractivity contribution in [1.82, 2.24) is 15.1 Å². The first kappa shape index (κ1) is 29.8. The van der Waals surface area contributed by atoms with Gasteiger partial charge in [0.1, 0.15) is 5.82 Å². The molecule has 0 spiro atoms. The summed E-state index contributed by atoms with van der Waals surface area (Å²) in [6, 6.07) is 6.35. The number of nitrogens with one attached hydrogen (secondary N) is 1. The van der Waals surface area contributed by atoms with E-state index in [4.69, 9.17) is 0 Å². The van der Waals surface area contributed by atoms with Gasteiger partial charge in [-0.15, -0.1) is 0 Å². The molecule has 2 aliphatic rings. The molecule has 2 aromatic rings. The highest BCUT2D eigenvalue weighted by Gasteiger charge is 2.45. The van der Waals surface area contributed by atoms with Crippen LogP contribution in [0.5, 0.6) is 0 Å². The van der Waals surface area contributed by atoms with Crippen molar-refractivity contribution in [1.29, 1.82) is 0 Å². The lowest BCUT2D eigenvalue weighted by atomic mass is 9.80. The molecule has 218 valence electrons. The summed E-state index contributed by atoms with van der Waals surface area (Å²) in [7, 11) is 1.42. The van der Waals surface area contributed by atoms with Gasteiger partial charge in [-0.05, 0) is 68.1 Å². The third-order valence-corrected chi connectivity index (χ3v) is 7.72. The van der Waals surface area contributed by atoms with Gasteiger partial charge >= 0.3 is 12.4 Å². The first-order valence-corrected chi connectivity index (χ1v) is 12.8. The number of nitrogens with zero attached hydrogens (tertiary/aromatic N) is 2. The summed E-state index contributed by atoms with van der Waals surface area (Å²) in [6.45, 7) is 2.95. The SMILES string of the molecule is CN(C(=O)C(C)(C)c1cc(C(F)(F)F)cc(C(F)(F)F)c1)[C@@H]1CN(C(=O)CNC2CC2)C[C@H]1c1ccc(F)cc1. The van der Waals surface area contributed by atoms with Crippen LogP contribution in [0, 0.1) is 5.82 Å². The molecule has 12 heteroatoms. The lowest BCUT2D eigenvalue weighted by Crippen LogP contribution is -2.49. The lowest BCUT2D eigenvalue weighted by Gasteiger charge is -2.36. The Balaban J connectivity index is 1.65. The van der Waals surface area contributed by atoms with Crippen LogP contribution < -0.4 is 5.32 Å². The van der Waals surface area contributed by atoms with E-state index in [1.807, 2.05) is 0 Å². The fraction of sp³-hybridized carbons (Fsp3) is 0.500. The predicted octanol–water partition coefficient (Wildman–Crippen LogP) is 5.35. The summed E-state index contributed by atoms with van der Waals surface area (Å²) in [5, 5.41) is 3.14. The fourth-order valence-corrected chi connectivity index (χ4v) is 5.08. The van der Waals surface area contributed by atoms with Crippen molar-refractivity contribution in [3.63, 3.8) is 0 Å². The van der Waals surface area contributed by atoms with E-state index in [9.17, 15) is 40.3 Å². The number of carbonyl (C=O) groups is 2. The molecule has 2 fully saturated rings. The Kier molecular flexibility index (Phi) is 7.96. The third-order valence-electron chi connectivity index (χ3n) is 7.72. The highest BCUT2D eigenvalue weighted by Crippen LogP contribution is 2.40. The topological polar surface area (TPSA) is 52.7 Å². The van der Waals surface area contributed by atoms with E-state index in [2.05, 4.69) is 5.32 Å². The Hall–Kier alpha value is -3.15. The Morgan fingerprint density at radius 2 is 1.43 bits per heavy atom. The zero-order valence-electron chi connectivity index (χ0n) is 22.2. The number of amides is 2. The van der Waals surface area contributed by atoms with Gasteiger partial charge in [-0.1, -0.05) is 12.1 Å². The Morgan fingerprint density at radius 3 is 1.93 bits per heavy atom. The normalized spacial score (nSPS) is 20.1. The highest BCUT2D eigenvalue weighted by atomic mass is 19.4. The number of hydrogen-bond donors (Lipinski definition) is 1. The summed E-state index contributed by atoms with van der Waals surface area (Å²) in [4.78, 5) is 29.6. The first-order chi connectivity index (χ1) is 18.5. The maximum atomic E-state index is 13.8. The van der Waals surface area contributed by atoms with Gasteiger partial charge in [0.2, 0.25) is 11.8 Å². The second-order valence-corrected chi connectivity index (χ2v) is 11.0. The number of benzene rings is 2. The molecule has 0 bridgehead atoms. The van der Waals surface area contributed by atoms with Crippen molar-refractivity contribution >= 4 is 11.8 Å². The number of likely N-dealkylation sites (tertiary alicyclic amines) is 1. The standard InChI is InChI=1S/C28H30F7N3O2/c1-26(2,17-10-18(27(30,31)32)12-19(11-17)28(33,34)35)25(40)37(3)23-15-38(24(39)13-36-21-8-9-21)14-22(23)16-4-6-20(29)7-5-16/h4-7,10-12,21-23,36H,8-9,13-15H2,1-3H3/t22-,23+/m0/s1. The zero-order valence-corrected chi connectivity index (χ0v) is 22.2. The highest BCUT2D eigenvalue weighted by molar-refractivity contribution is 5.88. The van der Waals surface area contributed by atoms with E-state index in [0.717, 1.165) is 12.8 Å². The smallest absolute Gasteiger partial charge is 0.340 e. The minimum Gasteiger partial charge on any atom is -0.340 e. The Labute approximate surface area is 227 Å². The number of likely N-dealkylation sites (N-methyl/N-ethyl adjacent to an activating group) is 1. The van der Waals surface area contributed by atoms with Crippen molar-refractivity contribution in [2.24, 2.45) is 0 Å². The number of halogens is 7. The fourth-order valence-electron chi connectivity index (χ4n) is 5.08. The van der Waals surface area contributed by atoms with E-state index in [1.165, 1.54) is 50.1 Å². The molecule has 0 unspecified atom stereocenters. The molecule has 1 aliphatic carbocycles. The summed E-state index contributed by atoms with van der Waals surface area (Å²) in [6.07, 6.45) is -8.16. The molecule has 1 aliphatic heterocycles. The molecule has 2 atom stereocenters. The Morgan fingerprint density at radius 1 is 0.900 bits per heavy atom. The van der Waals surface area contributed by atoms with Gasteiger partial charge in [0.05, 0.1) is 29.1 Å². The second-order valence-electron chi connectivity index (χ2n) is 11.0. The summed E-state index contributed by atoms with van der Waals surface area (Å²) < 4.78 is 94.6. The van der Waals surface area contributed by atoms with Crippen LogP contribution in [0.2, 0.25) is 0 Å². The largest absolute Gasteiger partial charge is 0.416 e. The van der Waals surface area contributed by atoms with Gasteiger partial charge in [-0.3, -0.25) is 9.59 Å². The number of hydrogen-bond acceptors (Lipinski definition) is 3. The molecule has 5 nitrogen and oxygen atoms in total. The molecule has 1 N–H and O–H groups in total. The van der Waals surface area contributed by atoms with Crippen molar-refractivity contribution in [2.45, 2.75) is 62.5 Å². The van der Waals surface area contributed by atoms with Crippen LogP contribution in [0.1, 0.15) is 54.9 Å². The summed E-state index contributed by atoms with van der Waals surface area (Å²) in [5.74, 6) is -1.85. The molecule has 1 saturated heterocycles. The van der Waals surface area contributed by atoms with Crippen molar-refractivity contribution in [3.8, 4) is 0 Å². The van der Waals surface area contributed by atoms with Crippen molar-refractivity contribution in [3.05, 3.63) is 70.5 Å². The van der Waals surface area contributed by atoms with Crippen LogP contribution >= 0.6 is 0 Å². The Bertz CT molecular complexity index is 1220. The van der Waals surface area contributed by atoms with Crippen LogP contribution in [0.25, 0.3) is 0 Å². The van der Waals surface area contributed by atoms with Crippen LogP contribution in [0.15, 0.2) is 42.5 Å². The summed E-state index contributed by atoms with van der Waals surface area (Å²) >= 11 is 0. The number of carbonyl (C=O) groups excluding carboxylic acids is 2. The predicted molar refractivity (Wildman–Crippen MR) is 133 cm³/mol. The molecule has 1 saturated carbocycles. The lowest BCUT2D eigenvalue weighted by molar-refractivity contribution is -0.144. The van der Waals surface area contributed by atoms with Gasteiger partial charge in [0.15, 0.2) is 0 Å². The van der Waals surface area contributed by atoms with E-state index >= 15 is 0 Å². The minimum absolute atomic E-state index is 0.0223. The first-order valence-electron chi connectivity index (χ1n) is 12.8. The molecule has 1 heterocycles. The zero-order chi connectivity index (χ0) is 29.6. The monoisotopic (exact) mass is 573 g/mol. The van der Waals surface area contributed by atoms with Gasteiger partial charge < -0.3 is 15.1 Å². The van der Waals surface area contributed by atoms with E-state index in [-0.39, 0.29) is 37.6 Å².